The average Bonchev–Trinajstić information content (AvgIpc) is 2.63. The molecule has 0 aliphatic carbocycles. The molecule has 1 heterocycles. The molecule has 0 radical (unpaired) electrons. The second kappa shape index (κ2) is 8.40. The predicted octanol–water partition coefficient (Wildman–Crippen LogP) is 2.11. The third kappa shape index (κ3) is 4.77. The lowest BCUT2D eigenvalue weighted by atomic mass is 10.2. The number of aryl methyl sites for hydroxylation is 1. The normalized spacial score (nSPS) is 11.9. The third-order valence-corrected chi connectivity index (χ3v) is 4.30. The maximum Gasteiger partial charge on any atom is 0.232 e. The SMILES string of the molecule is CC[NH+](Cc1ccccc1)Cc1nc(N)nc(Nc2ccccc2C)n1. The highest BCUT2D eigenvalue weighted by molar-refractivity contribution is 5.58. The Morgan fingerprint density at radius 2 is 1.65 bits per heavy atom. The first-order chi connectivity index (χ1) is 12.6. The van der Waals surface area contributed by atoms with Crippen molar-refractivity contribution in [1.29, 1.82) is 0 Å². The van der Waals surface area contributed by atoms with E-state index in [4.69, 9.17) is 5.73 Å². The molecule has 2 aromatic carbocycles. The van der Waals surface area contributed by atoms with Crippen molar-refractivity contribution in [1.82, 2.24) is 15.0 Å². The fourth-order valence-corrected chi connectivity index (χ4v) is 2.83. The van der Waals surface area contributed by atoms with Crippen molar-refractivity contribution in [3.8, 4) is 0 Å². The third-order valence-electron chi connectivity index (χ3n) is 4.30. The van der Waals surface area contributed by atoms with E-state index in [9.17, 15) is 0 Å². The number of quaternary nitrogens is 1. The van der Waals surface area contributed by atoms with Gasteiger partial charge in [0, 0.05) is 11.3 Å². The zero-order chi connectivity index (χ0) is 18.4. The van der Waals surface area contributed by atoms with E-state index in [1.54, 1.807) is 0 Å². The summed E-state index contributed by atoms with van der Waals surface area (Å²) in [6.45, 7) is 6.79. The molecular weight excluding hydrogens is 324 g/mol. The van der Waals surface area contributed by atoms with E-state index in [0.29, 0.717) is 18.3 Å². The first-order valence-corrected chi connectivity index (χ1v) is 8.84. The minimum atomic E-state index is 0.237. The van der Waals surface area contributed by atoms with Crippen molar-refractivity contribution in [2.45, 2.75) is 26.9 Å². The molecule has 0 spiro atoms. The molecule has 0 fully saturated rings. The monoisotopic (exact) mass is 349 g/mol. The van der Waals surface area contributed by atoms with Gasteiger partial charge >= 0.3 is 0 Å². The van der Waals surface area contributed by atoms with Gasteiger partial charge in [-0.1, -0.05) is 48.5 Å². The van der Waals surface area contributed by atoms with Crippen LogP contribution >= 0.6 is 0 Å². The van der Waals surface area contributed by atoms with Gasteiger partial charge in [0.05, 0.1) is 6.54 Å². The molecule has 1 aromatic heterocycles. The van der Waals surface area contributed by atoms with E-state index in [1.807, 2.05) is 37.3 Å². The van der Waals surface area contributed by atoms with E-state index in [-0.39, 0.29) is 5.95 Å². The van der Waals surface area contributed by atoms with Crippen LogP contribution in [0.3, 0.4) is 0 Å². The number of benzene rings is 2. The maximum atomic E-state index is 5.91. The van der Waals surface area contributed by atoms with Gasteiger partial charge in [-0.25, -0.2) is 0 Å². The molecule has 3 aromatic rings. The molecule has 6 heteroatoms. The first-order valence-electron chi connectivity index (χ1n) is 8.84. The van der Waals surface area contributed by atoms with Crippen LogP contribution in [-0.4, -0.2) is 21.5 Å². The van der Waals surface area contributed by atoms with Crippen LogP contribution in [0, 0.1) is 6.92 Å². The molecular formula is C20H25N6+. The van der Waals surface area contributed by atoms with Gasteiger partial charge in [0.15, 0.2) is 5.82 Å². The van der Waals surface area contributed by atoms with Gasteiger partial charge in [-0.3, -0.25) is 0 Å². The van der Waals surface area contributed by atoms with Crippen LogP contribution in [0.15, 0.2) is 54.6 Å². The van der Waals surface area contributed by atoms with Crippen molar-refractivity contribution in [3.05, 3.63) is 71.5 Å². The molecule has 1 atom stereocenters. The van der Waals surface area contributed by atoms with Crippen molar-refractivity contribution < 1.29 is 4.90 Å². The van der Waals surface area contributed by atoms with Crippen LogP contribution in [0.4, 0.5) is 17.6 Å². The standard InChI is InChI=1S/C20H24N6/c1-3-26(13-16-10-5-4-6-11-16)14-18-23-19(21)25-20(24-18)22-17-12-8-7-9-15(17)2/h4-12H,3,13-14H2,1-2H3,(H3,21,22,23,24,25)/p+1. The summed E-state index contributed by atoms with van der Waals surface area (Å²) in [6, 6.07) is 18.5. The Morgan fingerprint density at radius 1 is 0.923 bits per heavy atom. The quantitative estimate of drug-likeness (QED) is 0.609. The Morgan fingerprint density at radius 3 is 2.38 bits per heavy atom. The molecule has 6 nitrogen and oxygen atoms in total. The number of nitrogens with one attached hydrogen (secondary N) is 2. The highest BCUT2D eigenvalue weighted by atomic mass is 15.2. The number of para-hydroxylation sites is 1. The molecule has 0 aliphatic rings. The molecule has 134 valence electrons. The van der Waals surface area contributed by atoms with Gasteiger partial charge in [-0.2, -0.15) is 15.0 Å². The highest BCUT2D eigenvalue weighted by Gasteiger charge is 2.13. The summed E-state index contributed by atoms with van der Waals surface area (Å²) in [5.41, 5.74) is 9.29. The predicted molar refractivity (Wildman–Crippen MR) is 104 cm³/mol. The zero-order valence-corrected chi connectivity index (χ0v) is 15.2. The Labute approximate surface area is 154 Å². The second-order valence-electron chi connectivity index (χ2n) is 6.32. The smallest absolute Gasteiger partial charge is 0.232 e. The fraction of sp³-hybridized carbons (Fsp3) is 0.250. The number of hydrogen-bond acceptors (Lipinski definition) is 5. The van der Waals surface area contributed by atoms with Crippen LogP contribution in [0.5, 0.6) is 0 Å². The van der Waals surface area contributed by atoms with E-state index in [1.165, 1.54) is 10.5 Å². The van der Waals surface area contributed by atoms with E-state index < -0.39 is 0 Å². The maximum absolute atomic E-state index is 5.91. The summed E-state index contributed by atoms with van der Waals surface area (Å²) in [6.07, 6.45) is 0. The van der Waals surface area contributed by atoms with Gasteiger partial charge < -0.3 is 16.0 Å². The number of hydrogen-bond donors (Lipinski definition) is 3. The fourth-order valence-electron chi connectivity index (χ4n) is 2.83. The average molecular weight is 349 g/mol. The van der Waals surface area contributed by atoms with Gasteiger partial charge in [0.25, 0.3) is 0 Å². The lowest BCUT2D eigenvalue weighted by Gasteiger charge is -2.17. The highest BCUT2D eigenvalue weighted by Crippen LogP contribution is 2.17. The number of nitrogens with two attached hydrogens (primary N) is 1. The Bertz CT molecular complexity index is 850. The molecule has 4 N–H and O–H groups in total. The van der Waals surface area contributed by atoms with Crippen LogP contribution < -0.4 is 16.0 Å². The summed E-state index contributed by atoms with van der Waals surface area (Å²) >= 11 is 0. The zero-order valence-electron chi connectivity index (χ0n) is 15.2. The minimum absolute atomic E-state index is 0.237. The molecule has 0 aliphatic heterocycles. The van der Waals surface area contributed by atoms with Crippen LogP contribution in [0.2, 0.25) is 0 Å². The molecule has 0 bridgehead atoms. The molecule has 0 saturated carbocycles. The molecule has 1 unspecified atom stereocenters. The van der Waals surface area contributed by atoms with E-state index in [2.05, 4.69) is 51.5 Å². The van der Waals surface area contributed by atoms with Gasteiger partial charge in [-0.15, -0.1) is 0 Å². The summed E-state index contributed by atoms with van der Waals surface area (Å²) in [7, 11) is 0. The largest absolute Gasteiger partial charge is 0.368 e. The Kier molecular flexibility index (Phi) is 5.76. The Balaban J connectivity index is 1.75. The number of aromatic nitrogens is 3. The van der Waals surface area contributed by atoms with Crippen LogP contribution in [0.25, 0.3) is 0 Å². The topological polar surface area (TPSA) is 81.2 Å². The summed E-state index contributed by atoms with van der Waals surface area (Å²) in [5.74, 6) is 1.42. The summed E-state index contributed by atoms with van der Waals surface area (Å²) in [5, 5.41) is 3.24. The van der Waals surface area contributed by atoms with Gasteiger partial charge in [0.1, 0.15) is 13.1 Å². The number of anilines is 3. The number of rotatable bonds is 7. The van der Waals surface area contributed by atoms with E-state index >= 15 is 0 Å². The molecule has 3 rings (SSSR count). The first kappa shape index (κ1) is 17.8. The lowest BCUT2D eigenvalue weighted by molar-refractivity contribution is -0.926. The van der Waals surface area contributed by atoms with Gasteiger partial charge in [0.2, 0.25) is 11.9 Å². The minimum Gasteiger partial charge on any atom is -0.368 e. The number of nitrogen functional groups attached to an aromatic ring is 1. The van der Waals surface area contributed by atoms with Crippen LogP contribution in [0.1, 0.15) is 23.9 Å². The molecule has 26 heavy (non-hydrogen) atoms. The van der Waals surface area contributed by atoms with Crippen molar-refractivity contribution in [2.75, 3.05) is 17.6 Å². The Hall–Kier alpha value is -2.99. The molecule has 0 saturated heterocycles. The van der Waals surface area contributed by atoms with Crippen molar-refractivity contribution in [2.24, 2.45) is 0 Å². The number of nitrogens with zero attached hydrogens (tertiary/aromatic N) is 3. The van der Waals surface area contributed by atoms with Crippen LogP contribution in [-0.2, 0) is 13.1 Å². The summed E-state index contributed by atoms with van der Waals surface area (Å²) in [4.78, 5) is 14.5. The van der Waals surface area contributed by atoms with Gasteiger partial charge in [-0.05, 0) is 25.5 Å². The lowest BCUT2D eigenvalue weighted by Crippen LogP contribution is -3.09. The molecule has 0 amide bonds. The van der Waals surface area contributed by atoms with E-state index in [0.717, 1.165) is 24.3 Å². The second-order valence-corrected chi connectivity index (χ2v) is 6.32. The van der Waals surface area contributed by atoms with Crippen molar-refractivity contribution >= 4 is 17.6 Å². The summed E-state index contributed by atoms with van der Waals surface area (Å²) < 4.78 is 0. The van der Waals surface area contributed by atoms with Crippen molar-refractivity contribution in [3.63, 3.8) is 0 Å².